The monoisotopic (exact) mass is 474 g/mol. The predicted molar refractivity (Wildman–Crippen MR) is 137 cm³/mol. The van der Waals surface area contributed by atoms with Gasteiger partial charge in [0.05, 0.1) is 11.8 Å². The lowest BCUT2D eigenvalue weighted by molar-refractivity contribution is -0.140. The molecule has 0 spiro atoms. The highest BCUT2D eigenvalue weighted by Crippen LogP contribution is 2.40. The molecule has 4 saturated heterocycles. The first kappa shape index (κ1) is 25.9. The molecule has 2 unspecified atom stereocenters. The van der Waals surface area contributed by atoms with Crippen molar-refractivity contribution in [3.8, 4) is 0 Å². The van der Waals surface area contributed by atoms with Crippen molar-refractivity contribution in [1.82, 2.24) is 20.4 Å². The van der Waals surface area contributed by atoms with Crippen LogP contribution in [0.5, 0.6) is 0 Å². The molecule has 0 aromatic carbocycles. The number of nitrogens with zero attached hydrogens (tertiary/aromatic N) is 2. The van der Waals surface area contributed by atoms with Gasteiger partial charge in [0.25, 0.3) is 0 Å². The molecule has 2 amide bonds. The van der Waals surface area contributed by atoms with Crippen molar-refractivity contribution >= 4 is 11.8 Å². The Kier molecular flexibility index (Phi) is 6.68. The quantitative estimate of drug-likeness (QED) is 0.653. The van der Waals surface area contributed by atoms with E-state index in [1.54, 1.807) is 0 Å². The van der Waals surface area contributed by atoms with Gasteiger partial charge in [0.2, 0.25) is 11.8 Å². The molecule has 0 radical (unpaired) electrons. The molecule has 4 aliphatic heterocycles. The van der Waals surface area contributed by atoms with Crippen molar-refractivity contribution in [2.75, 3.05) is 26.2 Å². The first-order chi connectivity index (χ1) is 15.6. The largest absolute Gasteiger partial charge is 0.342 e. The second-order valence-electron chi connectivity index (χ2n) is 14.3. The number of likely N-dealkylation sites (tertiary alicyclic amines) is 2. The molecule has 6 nitrogen and oxygen atoms in total. The Morgan fingerprint density at radius 2 is 0.882 bits per heavy atom. The van der Waals surface area contributed by atoms with Crippen LogP contribution in [-0.2, 0) is 9.59 Å². The Bertz CT molecular complexity index is 720. The van der Waals surface area contributed by atoms with E-state index in [0.717, 1.165) is 64.7 Å². The molecule has 6 heteroatoms. The summed E-state index contributed by atoms with van der Waals surface area (Å²) >= 11 is 0. The molecule has 4 rings (SSSR count). The van der Waals surface area contributed by atoms with E-state index in [1.165, 1.54) is 0 Å². The zero-order valence-electron chi connectivity index (χ0n) is 23.1. The summed E-state index contributed by atoms with van der Waals surface area (Å²) in [5, 5.41) is 7.32. The van der Waals surface area contributed by atoms with Crippen LogP contribution >= 0.6 is 0 Å². The second kappa shape index (κ2) is 8.76. The number of hydrogen-bond donors (Lipinski definition) is 2. The van der Waals surface area contributed by atoms with E-state index >= 15 is 0 Å². The smallest absolute Gasteiger partial charge is 0.227 e. The standard InChI is InChI=1S/C28H50N4O2/c1-25(2)17-21(27(5,6)29-25)23(33)31-13-9-19(10-14-31)20-11-15-32(16-12-20)24(34)22-18-26(3,4)30-28(22,7)8/h19-22,29-30H,9-18H2,1-8H3. The molecule has 4 aliphatic rings. The van der Waals surface area contributed by atoms with Gasteiger partial charge in [-0.05, 0) is 106 Å². The van der Waals surface area contributed by atoms with Crippen LogP contribution in [0.2, 0.25) is 0 Å². The minimum atomic E-state index is -0.143. The lowest BCUT2D eigenvalue weighted by atomic mass is 9.77. The molecule has 4 fully saturated rings. The van der Waals surface area contributed by atoms with Gasteiger partial charge < -0.3 is 20.4 Å². The summed E-state index contributed by atoms with van der Waals surface area (Å²) in [5.74, 6) is 2.20. The normalized spacial score (nSPS) is 33.3. The number of rotatable bonds is 3. The van der Waals surface area contributed by atoms with Gasteiger partial charge in [-0.25, -0.2) is 0 Å². The number of amides is 2. The molecular weight excluding hydrogens is 424 g/mol. The van der Waals surface area contributed by atoms with Crippen LogP contribution in [0.15, 0.2) is 0 Å². The summed E-state index contributed by atoms with van der Waals surface area (Å²) in [6.07, 6.45) is 6.28. The Labute approximate surface area is 208 Å². The highest BCUT2D eigenvalue weighted by Gasteiger charge is 2.50. The van der Waals surface area contributed by atoms with E-state index in [1.807, 2.05) is 0 Å². The van der Waals surface area contributed by atoms with Gasteiger partial charge in [0, 0.05) is 48.3 Å². The second-order valence-corrected chi connectivity index (χ2v) is 14.3. The summed E-state index contributed by atoms with van der Waals surface area (Å²) in [6.45, 7) is 21.1. The number of carbonyl (C=O) groups is 2. The van der Waals surface area contributed by atoms with Crippen LogP contribution in [0.25, 0.3) is 0 Å². The third-order valence-corrected chi connectivity index (χ3v) is 9.46. The van der Waals surface area contributed by atoms with E-state index in [2.05, 4.69) is 75.8 Å². The first-order valence-electron chi connectivity index (χ1n) is 13.8. The zero-order valence-corrected chi connectivity index (χ0v) is 23.1. The summed E-state index contributed by atoms with van der Waals surface area (Å²) in [4.78, 5) is 31.0. The average Bonchev–Trinajstić information content (AvgIpc) is 3.11. The third kappa shape index (κ3) is 5.18. The third-order valence-electron chi connectivity index (χ3n) is 9.46. The number of hydrogen-bond acceptors (Lipinski definition) is 4. The molecule has 194 valence electrons. The zero-order chi connectivity index (χ0) is 25.1. The summed E-state index contributed by atoms with van der Waals surface area (Å²) in [5.41, 5.74) is -0.245. The minimum absolute atomic E-state index is 0.0209. The van der Waals surface area contributed by atoms with E-state index in [-0.39, 0.29) is 34.0 Å². The minimum Gasteiger partial charge on any atom is -0.342 e. The number of nitrogens with one attached hydrogen (secondary N) is 2. The van der Waals surface area contributed by atoms with Crippen LogP contribution < -0.4 is 10.6 Å². The Morgan fingerprint density at radius 1 is 0.588 bits per heavy atom. The maximum atomic E-state index is 13.4. The fraction of sp³-hybridized carbons (Fsp3) is 0.929. The van der Waals surface area contributed by atoms with Gasteiger partial charge in [-0.3, -0.25) is 9.59 Å². The van der Waals surface area contributed by atoms with Crippen LogP contribution in [0.3, 0.4) is 0 Å². The highest BCUT2D eigenvalue weighted by molar-refractivity contribution is 5.81. The molecule has 2 N–H and O–H groups in total. The van der Waals surface area contributed by atoms with Crippen LogP contribution in [0.4, 0.5) is 0 Å². The van der Waals surface area contributed by atoms with Crippen LogP contribution in [-0.4, -0.2) is 69.9 Å². The molecule has 34 heavy (non-hydrogen) atoms. The van der Waals surface area contributed by atoms with Gasteiger partial charge in [0.15, 0.2) is 0 Å². The van der Waals surface area contributed by atoms with Crippen molar-refractivity contribution in [2.45, 2.75) is 116 Å². The highest BCUT2D eigenvalue weighted by atomic mass is 16.2. The van der Waals surface area contributed by atoms with Gasteiger partial charge >= 0.3 is 0 Å². The SMILES string of the molecule is CC1(C)CC(C(=O)N2CCC(C3CCN(C(=O)C4CC(C)(C)NC4(C)C)CC3)CC2)C(C)(C)N1. The van der Waals surface area contributed by atoms with Gasteiger partial charge in [-0.2, -0.15) is 0 Å². The van der Waals surface area contributed by atoms with E-state index in [9.17, 15) is 9.59 Å². The first-order valence-corrected chi connectivity index (χ1v) is 13.8. The lowest BCUT2D eigenvalue weighted by Gasteiger charge is -2.42. The van der Waals surface area contributed by atoms with Gasteiger partial charge in [-0.15, -0.1) is 0 Å². The molecule has 4 heterocycles. The lowest BCUT2D eigenvalue weighted by Crippen LogP contribution is -2.52. The van der Waals surface area contributed by atoms with Crippen molar-refractivity contribution in [2.24, 2.45) is 23.7 Å². The topological polar surface area (TPSA) is 64.7 Å². The summed E-state index contributed by atoms with van der Waals surface area (Å²) in [7, 11) is 0. The van der Waals surface area contributed by atoms with E-state index in [4.69, 9.17) is 0 Å². The summed E-state index contributed by atoms with van der Waals surface area (Å²) in [6, 6.07) is 0. The fourth-order valence-corrected chi connectivity index (χ4v) is 7.97. The van der Waals surface area contributed by atoms with Crippen molar-refractivity contribution < 1.29 is 9.59 Å². The average molecular weight is 475 g/mol. The van der Waals surface area contributed by atoms with Crippen LogP contribution in [0.1, 0.15) is 93.9 Å². The van der Waals surface area contributed by atoms with Crippen molar-refractivity contribution in [3.63, 3.8) is 0 Å². The molecular formula is C28H50N4O2. The summed E-state index contributed by atoms with van der Waals surface area (Å²) < 4.78 is 0. The molecule has 2 atom stereocenters. The Hall–Kier alpha value is -1.14. The van der Waals surface area contributed by atoms with Gasteiger partial charge in [-0.1, -0.05) is 0 Å². The van der Waals surface area contributed by atoms with Crippen molar-refractivity contribution in [3.05, 3.63) is 0 Å². The maximum absolute atomic E-state index is 13.4. The van der Waals surface area contributed by atoms with E-state index in [0.29, 0.717) is 23.7 Å². The van der Waals surface area contributed by atoms with E-state index < -0.39 is 0 Å². The molecule has 0 aromatic heterocycles. The number of carbonyl (C=O) groups excluding carboxylic acids is 2. The number of piperidine rings is 2. The maximum Gasteiger partial charge on any atom is 0.227 e. The Balaban J connectivity index is 1.26. The molecule has 0 aromatic rings. The predicted octanol–water partition coefficient (Wildman–Crippen LogP) is 3.80. The van der Waals surface area contributed by atoms with Crippen molar-refractivity contribution in [1.29, 1.82) is 0 Å². The molecule has 0 saturated carbocycles. The molecule has 0 aliphatic carbocycles. The van der Waals surface area contributed by atoms with Gasteiger partial charge in [0.1, 0.15) is 0 Å². The fourth-order valence-electron chi connectivity index (χ4n) is 7.97. The molecule has 0 bridgehead atoms. The van der Waals surface area contributed by atoms with Crippen LogP contribution in [0, 0.1) is 23.7 Å². The Morgan fingerprint density at radius 3 is 1.12 bits per heavy atom.